The van der Waals surface area contributed by atoms with E-state index in [-0.39, 0.29) is 17.5 Å². The molecule has 2 aromatic heterocycles. The second-order valence-corrected chi connectivity index (χ2v) is 6.13. The maximum absolute atomic E-state index is 12.3. The Morgan fingerprint density at radius 1 is 1.36 bits per heavy atom. The molecule has 0 fully saturated rings. The predicted octanol–water partition coefficient (Wildman–Crippen LogP) is 2.22. The molecule has 0 aliphatic heterocycles. The lowest BCUT2D eigenvalue weighted by atomic mass is 10.0. The van der Waals surface area contributed by atoms with E-state index >= 15 is 0 Å². The van der Waals surface area contributed by atoms with Gasteiger partial charge in [0, 0.05) is 11.6 Å². The third-order valence-corrected chi connectivity index (χ3v) is 3.64. The van der Waals surface area contributed by atoms with Crippen LogP contribution in [-0.2, 0) is 4.79 Å². The Balaban J connectivity index is 2.07. The van der Waals surface area contributed by atoms with Gasteiger partial charge in [-0.3, -0.25) is 9.59 Å². The van der Waals surface area contributed by atoms with Gasteiger partial charge in [-0.1, -0.05) is 13.8 Å². The van der Waals surface area contributed by atoms with Crippen molar-refractivity contribution in [3.63, 3.8) is 0 Å². The number of aromatic nitrogens is 2. The van der Waals surface area contributed by atoms with E-state index in [1.165, 1.54) is 17.7 Å². The number of thiazole rings is 1. The molecule has 0 aromatic carbocycles. The third kappa shape index (κ3) is 4.14. The lowest BCUT2D eigenvalue weighted by molar-refractivity contribution is -0.118. The van der Waals surface area contributed by atoms with Crippen molar-refractivity contribution in [2.75, 3.05) is 5.32 Å². The minimum Gasteiger partial charge on any atom is -0.448 e. The summed E-state index contributed by atoms with van der Waals surface area (Å²) in [5.41, 5.74) is 0.191. The number of carbonyl (C=O) groups excluding carboxylic acids is 2. The number of amides is 2. The maximum atomic E-state index is 12.3. The van der Waals surface area contributed by atoms with E-state index in [9.17, 15) is 9.59 Å². The van der Waals surface area contributed by atoms with E-state index in [1.807, 2.05) is 13.8 Å². The van der Waals surface area contributed by atoms with Gasteiger partial charge in [-0.25, -0.2) is 9.97 Å². The zero-order valence-electron chi connectivity index (χ0n) is 12.6. The molecule has 1 atom stereocenters. The second kappa shape index (κ2) is 7.17. The first kappa shape index (κ1) is 16.2. The summed E-state index contributed by atoms with van der Waals surface area (Å²) in [7, 11) is 0. The molecule has 22 heavy (non-hydrogen) atoms. The van der Waals surface area contributed by atoms with Crippen molar-refractivity contribution in [3.05, 3.63) is 29.4 Å². The van der Waals surface area contributed by atoms with E-state index in [4.69, 9.17) is 4.42 Å². The SMILES string of the molecule is Cc1ocnc1C(=O)N[C@@H](CC(C)C)C(=O)Nc1nccs1. The average Bonchev–Trinajstić information content (AvgIpc) is 3.08. The van der Waals surface area contributed by atoms with E-state index < -0.39 is 11.9 Å². The second-order valence-electron chi connectivity index (χ2n) is 5.24. The number of oxazole rings is 1. The van der Waals surface area contributed by atoms with Crippen molar-refractivity contribution in [1.82, 2.24) is 15.3 Å². The smallest absolute Gasteiger partial charge is 0.274 e. The summed E-state index contributed by atoms with van der Waals surface area (Å²) in [6.07, 6.45) is 3.33. The van der Waals surface area contributed by atoms with Crippen LogP contribution in [0.4, 0.5) is 5.13 Å². The normalized spacial score (nSPS) is 12.2. The quantitative estimate of drug-likeness (QED) is 0.850. The Kier molecular flexibility index (Phi) is 5.26. The van der Waals surface area contributed by atoms with Crippen molar-refractivity contribution in [2.24, 2.45) is 5.92 Å². The van der Waals surface area contributed by atoms with E-state index in [1.54, 1.807) is 18.5 Å². The molecule has 0 unspecified atom stereocenters. The summed E-state index contributed by atoms with van der Waals surface area (Å²) in [6.45, 7) is 5.61. The fourth-order valence-corrected chi connectivity index (χ4v) is 2.46. The van der Waals surface area contributed by atoms with E-state index in [2.05, 4.69) is 20.6 Å². The molecule has 0 aliphatic carbocycles. The predicted molar refractivity (Wildman–Crippen MR) is 82.7 cm³/mol. The molecule has 0 aliphatic rings. The lowest BCUT2D eigenvalue weighted by Gasteiger charge is -2.19. The summed E-state index contributed by atoms with van der Waals surface area (Å²) in [4.78, 5) is 32.4. The Hall–Kier alpha value is -2.22. The standard InChI is InChI=1S/C14H18N4O3S/c1-8(2)6-10(12(19)18-14-15-4-5-22-14)17-13(20)11-9(3)21-7-16-11/h4-5,7-8,10H,6H2,1-3H3,(H,17,20)(H,15,18,19)/t10-/m0/s1. The molecule has 8 heteroatoms. The molecule has 0 saturated carbocycles. The van der Waals surface area contributed by atoms with E-state index in [0.717, 1.165) is 0 Å². The van der Waals surface area contributed by atoms with Gasteiger partial charge in [0.1, 0.15) is 11.8 Å². The summed E-state index contributed by atoms with van der Waals surface area (Å²) in [5, 5.41) is 7.68. The highest BCUT2D eigenvalue weighted by Crippen LogP contribution is 2.13. The Bertz CT molecular complexity index is 636. The summed E-state index contributed by atoms with van der Waals surface area (Å²) in [6, 6.07) is -0.660. The highest BCUT2D eigenvalue weighted by Gasteiger charge is 2.25. The van der Waals surface area contributed by atoms with Gasteiger partial charge in [-0.2, -0.15) is 0 Å². The molecule has 2 N–H and O–H groups in total. The Morgan fingerprint density at radius 2 is 2.14 bits per heavy atom. The van der Waals surface area contributed by atoms with Gasteiger partial charge >= 0.3 is 0 Å². The minimum absolute atomic E-state index is 0.191. The van der Waals surface area contributed by atoms with Crippen LogP contribution in [0, 0.1) is 12.8 Å². The molecule has 2 aromatic rings. The molecule has 0 bridgehead atoms. The first-order valence-corrected chi connectivity index (χ1v) is 7.76. The number of carbonyl (C=O) groups is 2. The molecular formula is C14H18N4O3S. The monoisotopic (exact) mass is 322 g/mol. The van der Waals surface area contributed by atoms with Gasteiger partial charge in [0.05, 0.1) is 0 Å². The fourth-order valence-electron chi connectivity index (χ4n) is 1.93. The van der Waals surface area contributed by atoms with Crippen molar-refractivity contribution in [1.29, 1.82) is 0 Å². The van der Waals surface area contributed by atoms with Gasteiger partial charge in [0.15, 0.2) is 17.2 Å². The van der Waals surface area contributed by atoms with Crippen LogP contribution in [0.25, 0.3) is 0 Å². The number of rotatable bonds is 6. The van der Waals surface area contributed by atoms with Crippen LogP contribution >= 0.6 is 11.3 Å². The van der Waals surface area contributed by atoms with E-state index in [0.29, 0.717) is 17.3 Å². The molecule has 0 saturated heterocycles. The Labute approximate surface area is 132 Å². The molecule has 0 radical (unpaired) electrons. The number of anilines is 1. The largest absolute Gasteiger partial charge is 0.448 e. The molecule has 2 rings (SSSR count). The zero-order valence-corrected chi connectivity index (χ0v) is 13.4. The summed E-state index contributed by atoms with van der Waals surface area (Å²) in [5.74, 6) is -0.0591. The number of hydrogen-bond donors (Lipinski definition) is 2. The first-order chi connectivity index (χ1) is 10.5. The van der Waals surface area contributed by atoms with Crippen molar-refractivity contribution in [3.8, 4) is 0 Å². The fraction of sp³-hybridized carbons (Fsp3) is 0.429. The zero-order chi connectivity index (χ0) is 16.1. The molecular weight excluding hydrogens is 304 g/mol. The van der Waals surface area contributed by atoms with Crippen LogP contribution in [0.5, 0.6) is 0 Å². The van der Waals surface area contributed by atoms with Gasteiger partial charge in [0.2, 0.25) is 5.91 Å². The van der Waals surface area contributed by atoms with Crippen LogP contribution < -0.4 is 10.6 Å². The van der Waals surface area contributed by atoms with Crippen LogP contribution in [-0.4, -0.2) is 27.8 Å². The summed E-state index contributed by atoms with van der Waals surface area (Å²) >= 11 is 1.32. The van der Waals surface area contributed by atoms with Crippen LogP contribution in [0.2, 0.25) is 0 Å². The molecule has 2 heterocycles. The minimum atomic E-state index is -0.660. The van der Waals surface area contributed by atoms with Gasteiger partial charge < -0.3 is 15.1 Å². The summed E-state index contributed by atoms with van der Waals surface area (Å²) < 4.78 is 5.01. The van der Waals surface area contributed by atoms with Crippen molar-refractivity contribution in [2.45, 2.75) is 33.2 Å². The van der Waals surface area contributed by atoms with Gasteiger partial charge in [-0.15, -0.1) is 11.3 Å². The third-order valence-electron chi connectivity index (χ3n) is 2.95. The Morgan fingerprint density at radius 3 is 2.68 bits per heavy atom. The van der Waals surface area contributed by atoms with Crippen molar-refractivity contribution >= 4 is 28.3 Å². The number of nitrogens with one attached hydrogen (secondary N) is 2. The van der Waals surface area contributed by atoms with Gasteiger partial charge in [0.25, 0.3) is 5.91 Å². The first-order valence-electron chi connectivity index (χ1n) is 6.88. The van der Waals surface area contributed by atoms with Crippen LogP contribution in [0.15, 0.2) is 22.4 Å². The van der Waals surface area contributed by atoms with Gasteiger partial charge in [-0.05, 0) is 19.3 Å². The molecule has 118 valence electrons. The average molecular weight is 322 g/mol. The molecule has 0 spiro atoms. The number of nitrogens with zero attached hydrogens (tertiary/aromatic N) is 2. The highest BCUT2D eigenvalue weighted by molar-refractivity contribution is 7.13. The van der Waals surface area contributed by atoms with Crippen molar-refractivity contribution < 1.29 is 14.0 Å². The molecule has 7 nitrogen and oxygen atoms in total. The lowest BCUT2D eigenvalue weighted by Crippen LogP contribution is -2.44. The highest BCUT2D eigenvalue weighted by atomic mass is 32.1. The topological polar surface area (TPSA) is 97.1 Å². The number of aryl methyl sites for hydroxylation is 1. The molecule has 2 amide bonds. The number of hydrogen-bond acceptors (Lipinski definition) is 6. The maximum Gasteiger partial charge on any atom is 0.274 e. The van der Waals surface area contributed by atoms with Crippen LogP contribution in [0.1, 0.15) is 36.5 Å². The van der Waals surface area contributed by atoms with Crippen LogP contribution in [0.3, 0.4) is 0 Å².